The second-order valence-corrected chi connectivity index (χ2v) is 3.49. The summed E-state index contributed by atoms with van der Waals surface area (Å²) in [4.78, 5) is 0. The van der Waals surface area contributed by atoms with Gasteiger partial charge in [-0.1, -0.05) is 24.6 Å². The zero-order chi connectivity index (χ0) is 11.1. The first-order chi connectivity index (χ1) is 7.42. The molecule has 1 unspecified atom stereocenters. The Bertz CT molecular complexity index is 294. The van der Waals surface area contributed by atoms with Gasteiger partial charge < -0.3 is 18.1 Å². The molecule has 0 radical (unpaired) electrons. The van der Waals surface area contributed by atoms with Gasteiger partial charge in [0, 0.05) is 18.2 Å². The van der Waals surface area contributed by atoms with Crippen molar-refractivity contribution >= 4 is 15.7 Å². The van der Waals surface area contributed by atoms with E-state index in [1.165, 1.54) is 17.7 Å². The number of hydrogen-bond donors (Lipinski definition) is 1. The van der Waals surface area contributed by atoms with Gasteiger partial charge in [0.2, 0.25) is 0 Å². The third-order valence-corrected chi connectivity index (χ3v) is 2.64. The van der Waals surface area contributed by atoms with Gasteiger partial charge in [0.05, 0.1) is 0 Å². The molecule has 0 spiro atoms. The summed E-state index contributed by atoms with van der Waals surface area (Å²) in [5, 5.41) is 7.56. The standard InChI is InChI=1S/C11H15N2.CH3.ClH.Cr/c1-12-7-6-9-8-13-11-5-3-2-4-10(9)11;;;/h2-5,9,13H,6-8H2,1H3;1H3;1H;/q2*-1;;+3/p-1. The van der Waals surface area contributed by atoms with Crippen molar-refractivity contribution in [3.63, 3.8) is 0 Å². The van der Waals surface area contributed by atoms with E-state index in [1.807, 2.05) is 7.05 Å². The Morgan fingerprint density at radius 1 is 1.44 bits per heavy atom. The fraction of sp³-hybridized carbons (Fsp3) is 0.417. The van der Waals surface area contributed by atoms with Crippen molar-refractivity contribution in [3.8, 4) is 0 Å². The molecule has 4 heteroatoms. The normalized spacial score (nSPS) is 16.2. The second-order valence-electron chi connectivity index (χ2n) is 3.49. The predicted octanol–water partition coefficient (Wildman–Crippen LogP) is 3.73. The van der Waals surface area contributed by atoms with Gasteiger partial charge in [-0.15, -0.1) is 6.54 Å². The monoisotopic (exact) mass is 277 g/mol. The zero-order valence-electron chi connectivity index (χ0n) is 9.74. The van der Waals surface area contributed by atoms with Crippen LogP contribution in [0.15, 0.2) is 24.3 Å². The number of anilines is 1. The molecule has 0 bridgehead atoms. The van der Waals surface area contributed by atoms with Crippen LogP contribution in [0.4, 0.5) is 5.69 Å². The first-order valence-corrected chi connectivity index (χ1v) is 6.71. The number of fused-ring (bicyclic) bond motifs is 1. The Kier molecular flexibility index (Phi) is 8.79. The number of benzene rings is 1. The molecule has 0 aliphatic carbocycles. The molecule has 2 rings (SSSR count). The number of halogens is 1. The summed E-state index contributed by atoms with van der Waals surface area (Å²) in [6.45, 7) is 2.05. The first-order valence-electron chi connectivity index (χ1n) is 4.95. The van der Waals surface area contributed by atoms with Gasteiger partial charge in [0.1, 0.15) is 0 Å². The quantitative estimate of drug-likeness (QED) is 0.837. The summed E-state index contributed by atoms with van der Waals surface area (Å²) in [7, 11) is 6.40. The summed E-state index contributed by atoms with van der Waals surface area (Å²) in [5.74, 6) is 0.667. The van der Waals surface area contributed by atoms with E-state index in [-0.39, 0.29) is 7.43 Å². The molecule has 2 nitrogen and oxygen atoms in total. The summed E-state index contributed by atoms with van der Waals surface area (Å²) in [6, 6.07) is 8.56. The Hall–Kier alpha value is -0.198. The second kappa shape index (κ2) is 8.90. The van der Waals surface area contributed by atoms with Crippen LogP contribution < -0.4 is 5.32 Å². The van der Waals surface area contributed by atoms with E-state index >= 15 is 0 Å². The van der Waals surface area contributed by atoms with E-state index in [0.29, 0.717) is 5.92 Å². The average Bonchev–Trinajstić information content (AvgIpc) is 2.72. The predicted molar refractivity (Wildman–Crippen MR) is 68.7 cm³/mol. The van der Waals surface area contributed by atoms with Crippen molar-refractivity contribution in [2.24, 2.45) is 0 Å². The SMILES string of the molecule is C[N-]CCC1CNc2ccccc21.[CH3-].[Cl][Cr+2]. The van der Waals surface area contributed by atoms with Crippen LogP contribution in [0, 0.1) is 7.43 Å². The number of rotatable bonds is 3. The summed E-state index contributed by atoms with van der Waals surface area (Å²) >= 11 is 2.10. The third kappa shape index (κ3) is 3.99. The molecule has 89 valence electrons. The van der Waals surface area contributed by atoms with Gasteiger partial charge in [-0.25, -0.2) is 0 Å². The van der Waals surface area contributed by atoms with Gasteiger partial charge in [-0.05, 0) is 11.6 Å². The molecule has 1 N–H and O–H groups in total. The van der Waals surface area contributed by atoms with Gasteiger partial charge in [-0.3, -0.25) is 0 Å². The van der Waals surface area contributed by atoms with Gasteiger partial charge in [-0.2, -0.15) is 7.05 Å². The van der Waals surface area contributed by atoms with Crippen LogP contribution in [0.2, 0.25) is 0 Å². The molecule has 0 fully saturated rings. The Balaban J connectivity index is 0.000000711. The van der Waals surface area contributed by atoms with Crippen LogP contribution in [-0.2, 0) is 15.4 Å². The molecule has 0 amide bonds. The van der Waals surface area contributed by atoms with Crippen molar-refractivity contribution in [2.45, 2.75) is 12.3 Å². The van der Waals surface area contributed by atoms with Crippen molar-refractivity contribution < 1.29 is 15.4 Å². The first kappa shape index (κ1) is 15.8. The average molecular weight is 278 g/mol. The van der Waals surface area contributed by atoms with Crippen LogP contribution in [0.3, 0.4) is 0 Å². The maximum absolute atomic E-state index is 4.51. The molecule has 1 aliphatic heterocycles. The molecular weight excluding hydrogens is 260 g/mol. The topological polar surface area (TPSA) is 26.1 Å². The van der Waals surface area contributed by atoms with E-state index in [9.17, 15) is 0 Å². The van der Waals surface area contributed by atoms with Crippen LogP contribution >= 0.6 is 10.0 Å². The number of nitrogens with one attached hydrogen (secondary N) is 1. The van der Waals surface area contributed by atoms with Gasteiger partial charge >= 0.3 is 25.4 Å². The fourth-order valence-corrected chi connectivity index (χ4v) is 1.90. The molecule has 1 aliphatic rings. The molecule has 1 heterocycles. The van der Waals surface area contributed by atoms with E-state index in [4.69, 9.17) is 0 Å². The zero-order valence-corrected chi connectivity index (χ0v) is 11.8. The molecule has 1 aromatic carbocycles. The van der Waals surface area contributed by atoms with E-state index in [2.05, 4.69) is 60.3 Å². The van der Waals surface area contributed by atoms with Crippen molar-refractivity contribution in [1.29, 1.82) is 0 Å². The van der Waals surface area contributed by atoms with Crippen molar-refractivity contribution in [2.75, 3.05) is 25.5 Å². The van der Waals surface area contributed by atoms with E-state index < -0.39 is 0 Å². The molecule has 1 atom stereocenters. The molecular formula is C12H18ClCrN2. The molecule has 0 saturated carbocycles. The molecule has 0 aromatic heterocycles. The fourth-order valence-electron chi connectivity index (χ4n) is 1.90. The minimum absolute atomic E-state index is 0. The van der Waals surface area contributed by atoms with Crippen LogP contribution in [0.5, 0.6) is 0 Å². The Labute approximate surface area is 111 Å². The Morgan fingerprint density at radius 2 is 2.12 bits per heavy atom. The molecule has 16 heavy (non-hydrogen) atoms. The van der Waals surface area contributed by atoms with Crippen molar-refractivity contribution in [3.05, 3.63) is 42.6 Å². The Morgan fingerprint density at radius 3 is 2.81 bits per heavy atom. The van der Waals surface area contributed by atoms with E-state index in [1.54, 1.807) is 0 Å². The minimum atomic E-state index is 0. The van der Waals surface area contributed by atoms with Gasteiger partial charge in [0.15, 0.2) is 0 Å². The molecule has 1 aromatic rings. The number of nitrogens with zero attached hydrogens (tertiary/aromatic N) is 1. The van der Waals surface area contributed by atoms with Gasteiger partial charge in [0.25, 0.3) is 0 Å². The van der Waals surface area contributed by atoms with E-state index in [0.717, 1.165) is 13.1 Å². The molecule has 0 saturated heterocycles. The van der Waals surface area contributed by atoms with Crippen LogP contribution in [0.25, 0.3) is 5.32 Å². The summed E-state index contributed by atoms with van der Waals surface area (Å²) in [5.41, 5.74) is 2.77. The maximum atomic E-state index is 4.51. The van der Waals surface area contributed by atoms with Crippen LogP contribution in [-0.4, -0.2) is 20.1 Å². The number of hydrogen-bond acceptors (Lipinski definition) is 1. The number of para-hydroxylation sites is 1. The van der Waals surface area contributed by atoms with Crippen LogP contribution in [0.1, 0.15) is 17.9 Å². The summed E-state index contributed by atoms with van der Waals surface area (Å²) in [6.07, 6.45) is 1.17. The summed E-state index contributed by atoms with van der Waals surface area (Å²) < 4.78 is 0. The van der Waals surface area contributed by atoms with Crippen molar-refractivity contribution in [1.82, 2.24) is 0 Å². The third-order valence-electron chi connectivity index (χ3n) is 2.64.